The van der Waals surface area contributed by atoms with E-state index in [4.69, 9.17) is 4.74 Å². The number of carbonyl (C=O) groups is 2. The summed E-state index contributed by atoms with van der Waals surface area (Å²) < 4.78 is 5.43. The van der Waals surface area contributed by atoms with E-state index in [9.17, 15) is 14.7 Å². The van der Waals surface area contributed by atoms with E-state index in [-0.39, 0.29) is 11.7 Å². The van der Waals surface area contributed by atoms with Crippen LogP contribution in [0.4, 0.5) is 4.79 Å². The van der Waals surface area contributed by atoms with Gasteiger partial charge in [0, 0.05) is 30.8 Å². The molecule has 28 heavy (non-hydrogen) atoms. The second-order valence-corrected chi connectivity index (χ2v) is 7.85. The van der Waals surface area contributed by atoms with Crippen molar-refractivity contribution in [3.63, 3.8) is 0 Å². The molecule has 0 bridgehead atoms. The summed E-state index contributed by atoms with van der Waals surface area (Å²) in [6.07, 6.45) is 0.850. The van der Waals surface area contributed by atoms with Gasteiger partial charge in [-0.05, 0) is 44.9 Å². The van der Waals surface area contributed by atoms with E-state index >= 15 is 0 Å². The number of aromatic amines is 1. The Kier molecular flexibility index (Phi) is 5.58. The second-order valence-electron chi connectivity index (χ2n) is 7.85. The Morgan fingerprint density at radius 2 is 2.00 bits per heavy atom. The van der Waals surface area contributed by atoms with E-state index in [1.807, 2.05) is 32.9 Å². The predicted octanol–water partition coefficient (Wildman–Crippen LogP) is 2.38. The number of H-pyrrole nitrogens is 1. The highest BCUT2D eigenvalue weighted by molar-refractivity contribution is 5.94. The number of nitrogens with one attached hydrogen (secondary N) is 2. The van der Waals surface area contributed by atoms with E-state index in [1.54, 1.807) is 17.0 Å². The average molecular weight is 386 g/mol. The number of hydrogen-bond donors (Lipinski definition) is 3. The lowest BCUT2D eigenvalue weighted by Gasteiger charge is -2.30. The molecule has 8 heteroatoms. The number of ether oxygens (including phenoxy) is 1. The van der Waals surface area contributed by atoms with Crippen molar-refractivity contribution < 1.29 is 19.4 Å². The molecule has 1 aliphatic heterocycles. The van der Waals surface area contributed by atoms with Gasteiger partial charge in [0.25, 0.3) is 5.91 Å². The number of phenolic OH excluding ortho intramolecular Hbond substituents is 1. The maximum absolute atomic E-state index is 12.6. The first kappa shape index (κ1) is 19.7. The van der Waals surface area contributed by atoms with E-state index in [0.717, 1.165) is 16.8 Å². The van der Waals surface area contributed by atoms with Crippen molar-refractivity contribution in [1.82, 2.24) is 20.4 Å². The van der Waals surface area contributed by atoms with Crippen molar-refractivity contribution >= 4 is 12.0 Å². The Labute approximate surface area is 163 Å². The van der Waals surface area contributed by atoms with Crippen molar-refractivity contribution in [2.24, 2.45) is 0 Å². The van der Waals surface area contributed by atoms with Crippen LogP contribution in [0.15, 0.2) is 24.3 Å². The molecule has 8 nitrogen and oxygen atoms in total. The van der Waals surface area contributed by atoms with Crippen molar-refractivity contribution in [3.8, 4) is 5.75 Å². The molecular formula is C20H26N4O4. The molecule has 2 heterocycles. The minimum Gasteiger partial charge on any atom is -0.508 e. The third-order valence-electron chi connectivity index (χ3n) is 4.44. The van der Waals surface area contributed by atoms with Crippen LogP contribution in [0.25, 0.3) is 0 Å². The van der Waals surface area contributed by atoms with Gasteiger partial charge in [0.1, 0.15) is 11.4 Å². The highest BCUT2D eigenvalue weighted by Crippen LogP contribution is 2.22. The number of benzene rings is 1. The van der Waals surface area contributed by atoms with Crippen LogP contribution in [0.5, 0.6) is 5.75 Å². The minimum absolute atomic E-state index is 0.213. The maximum atomic E-state index is 12.6. The summed E-state index contributed by atoms with van der Waals surface area (Å²) in [5, 5.41) is 19.2. The smallest absolute Gasteiger partial charge is 0.410 e. The van der Waals surface area contributed by atoms with Gasteiger partial charge in [0.05, 0.1) is 6.54 Å². The number of fused-ring (bicyclic) bond motifs is 1. The number of hydrogen-bond acceptors (Lipinski definition) is 5. The van der Waals surface area contributed by atoms with Gasteiger partial charge in [-0.1, -0.05) is 12.1 Å². The zero-order valence-corrected chi connectivity index (χ0v) is 16.4. The molecule has 0 atom stereocenters. The molecule has 0 saturated carbocycles. The first-order chi connectivity index (χ1) is 13.2. The van der Waals surface area contributed by atoms with Crippen molar-refractivity contribution in [2.75, 3.05) is 13.1 Å². The predicted molar refractivity (Wildman–Crippen MR) is 103 cm³/mol. The molecule has 1 aliphatic rings. The monoisotopic (exact) mass is 386 g/mol. The van der Waals surface area contributed by atoms with Crippen LogP contribution in [0.3, 0.4) is 0 Å². The molecule has 150 valence electrons. The number of aromatic nitrogens is 2. The molecule has 0 saturated heterocycles. The van der Waals surface area contributed by atoms with Gasteiger partial charge in [-0.3, -0.25) is 9.89 Å². The molecule has 0 fully saturated rings. The van der Waals surface area contributed by atoms with Crippen LogP contribution in [0, 0.1) is 0 Å². The second kappa shape index (κ2) is 7.92. The summed E-state index contributed by atoms with van der Waals surface area (Å²) in [6.45, 7) is 6.73. The fourth-order valence-corrected chi connectivity index (χ4v) is 3.03. The lowest BCUT2D eigenvalue weighted by molar-refractivity contribution is 0.0222. The SMILES string of the molecule is CC(C)(C)OC(=O)N1CCc2[nH]nc(C(=O)NCCc3ccc(O)cc3)c2C1. The highest BCUT2D eigenvalue weighted by Gasteiger charge is 2.30. The van der Waals surface area contributed by atoms with E-state index < -0.39 is 11.7 Å². The summed E-state index contributed by atoms with van der Waals surface area (Å²) in [5.41, 5.74) is 2.37. The van der Waals surface area contributed by atoms with E-state index in [0.29, 0.717) is 38.2 Å². The Balaban J connectivity index is 1.60. The third-order valence-corrected chi connectivity index (χ3v) is 4.44. The fourth-order valence-electron chi connectivity index (χ4n) is 3.03. The molecule has 1 aromatic heterocycles. The average Bonchev–Trinajstić information content (AvgIpc) is 3.05. The summed E-state index contributed by atoms with van der Waals surface area (Å²) >= 11 is 0. The van der Waals surface area contributed by atoms with Gasteiger partial charge in [0.2, 0.25) is 0 Å². The number of rotatable bonds is 4. The van der Waals surface area contributed by atoms with Crippen LogP contribution in [0.1, 0.15) is 48.1 Å². The zero-order valence-electron chi connectivity index (χ0n) is 16.4. The molecule has 0 aliphatic carbocycles. The van der Waals surface area contributed by atoms with Gasteiger partial charge < -0.3 is 20.1 Å². The molecule has 3 rings (SSSR count). The molecule has 0 spiro atoms. The lowest BCUT2D eigenvalue weighted by atomic mass is 10.1. The normalized spacial score (nSPS) is 13.8. The summed E-state index contributed by atoms with van der Waals surface area (Å²) in [6, 6.07) is 6.87. The fraction of sp³-hybridized carbons (Fsp3) is 0.450. The largest absolute Gasteiger partial charge is 0.508 e. The van der Waals surface area contributed by atoms with Gasteiger partial charge >= 0.3 is 6.09 Å². The Bertz CT molecular complexity index is 852. The van der Waals surface area contributed by atoms with Crippen LogP contribution in [-0.2, 0) is 24.1 Å². The number of aromatic hydroxyl groups is 1. The van der Waals surface area contributed by atoms with Crippen LogP contribution < -0.4 is 5.32 Å². The first-order valence-electron chi connectivity index (χ1n) is 9.33. The van der Waals surface area contributed by atoms with E-state index in [2.05, 4.69) is 15.5 Å². The number of phenols is 1. The minimum atomic E-state index is -0.567. The van der Waals surface area contributed by atoms with Gasteiger partial charge in [-0.15, -0.1) is 0 Å². The topological polar surface area (TPSA) is 108 Å². The molecule has 0 unspecified atom stereocenters. The molecule has 0 radical (unpaired) electrons. The van der Waals surface area contributed by atoms with Crippen molar-refractivity contribution in [1.29, 1.82) is 0 Å². The third kappa shape index (κ3) is 4.82. The Hall–Kier alpha value is -3.03. The van der Waals surface area contributed by atoms with Gasteiger partial charge in [-0.2, -0.15) is 5.10 Å². The van der Waals surface area contributed by atoms with E-state index in [1.165, 1.54) is 0 Å². The van der Waals surface area contributed by atoms with Gasteiger partial charge in [0.15, 0.2) is 5.69 Å². The maximum Gasteiger partial charge on any atom is 0.410 e. The molecule has 1 aromatic carbocycles. The van der Waals surface area contributed by atoms with Crippen molar-refractivity contribution in [3.05, 3.63) is 46.8 Å². The van der Waals surface area contributed by atoms with Crippen LogP contribution >= 0.6 is 0 Å². The summed E-state index contributed by atoms with van der Waals surface area (Å²) in [4.78, 5) is 26.5. The quantitative estimate of drug-likeness (QED) is 0.748. The number of amides is 2. The van der Waals surface area contributed by atoms with Crippen LogP contribution in [0.2, 0.25) is 0 Å². The lowest BCUT2D eigenvalue weighted by Crippen LogP contribution is -2.40. The molecule has 3 N–H and O–H groups in total. The van der Waals surface area contributed by atoms with Gasteiger partial charge in [-0.25, -0.2) is 4.79 Å². The molecule has 2 amide bonds. The Morgan fingerprint density at radius 3 is 2.68 bits per heavy atom. The first-order valence-corrected chi connectivity index (χ1v) is 9.33. The Morgan fingerprint density at radius 1 is 1.29 bits per heavy atom. The highest BCUT2D eigenvalue weighted by atomic mass is 16.6. The molecule has 2 aromatic rings. The van der Waals surface area contributed by atoms with Crippen molar-refractivity contribution in [2.45, 2.75) is 45.8 Å². The van der Waals surface area contributed by atoms with Crippen LogP contribution in [-0.4, -0.2) is 50.9 Å². The number of carbonyl (C=O) groups excluding carboxylic acids is 2. The summed E-state index contributed by atoms with van der Waals surface area (Å²) in [7, 11) is 0. The summed E-state index contributed by atoms with van der Waals surface area (Å²) in [5.74, 6) is -0.0622. The number of nitrogens with zero attached hydrogens (tertiary/aromatic N) is 2. The molecular weight excluding hydrogens is 360 g/mol. The zero-order chi connectivity index (χ0) is 20.3. The standard InChI is InChI=1S/C20H26N4O4/c1-20(2,3)28-19(27)24-11-9-16-15(12-24)17(23-22-16)18(26)21-10-8-13-4-6-14(25)7-5-13/h4-7,25H,8-12H2,1-3H3,(H,21,26)(H,22,23).